The topological polar surface area (TPSA) is 45.3 Å². The van der Waals surface area contributed by atoms with Crippen LogP contribution in [0.1, 0.15) is 13.8 Å². The van der Waals surface area contributed by atoms with E-state index in [2.05, 4.69) is 23.7 Å². The van der Waals surface area contributed by atoms with Gasteiger partial charge in [0.05, 0.1) is 11.0 Å². The van der Waals surface area contributed by atoms with Crippen LogP contribution in [0.4, 0.5) is 4.39 Å². The van der Waals surface area contributed by atoms with Crippen molar-refractivity contribution < 1.29 is 9.13 Å². The van der Waals surface area contributed by atoms with E-state index in [0.717, 1.165) is 19.6 Å². The second-order valence-corrected chi connectivity index (χ2v) is 5.73. The van der Waals surface area contributed by atoms with E-state index in [1.807, 2.05) is 0 Å². The van der Waals surface area contributed by atoms with Crippen LogP contribution in [-0.4, -0.2) is 36.1 Å². The molecule has 3 rings (SSSR count). The predicted molar refractivity (Wildman–Crippen MR) is 95.3 cm³/mol. The summed E-state index contributed by atoms with van der Waals surface area (Å²) in [5.74, 6) is 0.324. The van der Waals surface area contributed by atoms with Crippen LogP contribution in [0.15, 0.2) is 41.2 Å². The monoisotopic (exact) mass is 328 g/mol. The Morgan fingerprint density at radius 3 is 2.42 bits per heavy atom. The van der Waals surface area contributed by atoms with Crippen molar-refractivity contribution in [1.82, 2.24) is 9.88 Å². The SMILES string of the molecule is CCN(CC)CCOc1ccc2c(=O)c3ccc(F)cc3[nH]c2c1. The zero-order valence-electron chi connectivity index (χ0n) is 13.9. The Kier molecular flexibility index (Phi) is 4.81. The van der Waals surface area contributed by atoms with Gasteiger partial charge in [0.1, 0.15) is 18.2 Å². The van der Waals surface area contributed by atoms with Crippen LogP contribution in [0, 0.1) is 5.82 Å². The summed E-state index contributed by atoms with van der Waals surface area (Å²) < 4.78 is 19.2. The second-order valence-electron chi connectivity index (χ2n) is 5.73. The average molecular weight is 328 g/mol. The number of nitrogens with one attached hydrogen (secondary N) is 1. The smallest absolute Gasteiger partial charge is 0.197 e. The van der Waals surface area contributed by atoms with Gasteiger partial charge in [0.2, 0.25) is 0 Å². The van der Waals surface area contributed by atoms with E-state index in [-0.39, 0.29) is 11.2 Å². The predicted octanol–water partition coefficient (Wildman–Crippen LogP) is 3.54. The van der Waals surface area contributed by atoms with Crippen molar-refractivity contribution in [2.24, 2.45) is 0 Å². The Hall–Kier alpha value is -2.40. The van der Waals surface area contributed by atoms with E-state index < -0.39 is 0 Å². The van der Waals surface area contributed by atoms with Gasteiger partial charge in [-0.3, -0.25) is 4.79 Å². The van der Waals surface area contributed by atoms with Gasteiger partial charge in [-0.15, -0.1) is 0 Å². The van der Waals surface area contributed by atoms with Crippen molar-refractivity contribution in [2.75, 3.05) is 26.2 Å². The first-order chi connectivity index (χ1) is 11.6. The number of ether oxygens (including phenoxy) is 1. The van der Waals surface area contributed by atoms with Gasteiger partial charge in [-0.1, -0.05) is 13.8 Å². The second kappa shape index (κ2) is 7.01. The maximum Gasteiger partial charge on any atom is 0.197 e. The molecule has 24 heavy (non-hydrogen) atoms. The van der Waals surface area contributed by atoms with Gasteiger partial charge in [0.25, 0.3) is 0 Å². The summed E-state index contributed by atoms with van der Waals surface area (Å²) >= 11 is 0. The number of hydrogen-bond donors (Lipinski definition) is 1. The average Bonchev–Trinajstić information content (AvgIpc) is 2.58. The number of pyridine rings is 1. The van der Waals surface area contributed by atoms with Crippen molar-refractivity contribution in [3.63, 3.8) is 0 Å². The fourth-order valence-corrected chi connectivity index (χ4v) is 2.86. The Morgan fingerprint density at radius 2 is 1.71 bits per heavy atom. The summed E-state index contributed by atoms with van der Waals surface area (Å²) in [7, 11) is 0. The molecule has 0 bridgehead atoms. The first kappa shape index (κ1) is 16.5. The summed E-state index contributed by atoms with van der Waals surface area (Å²) in [5.41, 5.74) is 1.04. The number of benzene rings is 2. The van der Waals surface area contributed by atoms with Crippen LogP contribution in [0.25, 0.3) is 21.8 Å². The minimum absolute atomic E-state index is 0.103. The number of likely N-dealkylation sites (N-methyl/N-ethyl adjacent to an activating group) is 1. The van der Waals surface area contributed by atoms with Gasteiger partial charge in [-0.05, 0) is 43.4 Å². The highest BCUT2D eigenvalue weighted by molar-refractivity contribution is 5.92. The molecule has 0 fully saturated rings. The lowest BCUT2D eigenvalue weighted by Gasteiger charge is -2.18. The molecular formula is C19H21FN2O2. The molecule has 1 aromatic heterocycles. The van der Waals surface area contributed by atoms with Crippen molar-refractivity contribution in [3.8, 4) is 5.75 Å². The number of aromatic amines is 1. The van der Waals surface area contributed by atoms with Crippen LogP contribution < -0.4 is 10.2 Å². The number of fused-ring (bicyclic) bond motifs is 2. The summed E-state index contributed by atoms with van der Waals surface area (Å²) in [6, 6.07) is 9.50. The molecule has 0 unspecified atom stereocenters. The number of halogens is 1. The summed E-state index contributed by atoms with van der Waals surface area (Å²) in [6.07, 6.45) is 0. The first-order valence-corrected chi connectivity index (χ1v) is 8.22. The lowest BCUT2D eigenvalue weighted by atomic mass is 10.1. The minimum atomic E-state index is -0.371. The molecule has 3 aromatic rings. The standard InChI is InChI=1S/C19H21FN2O2/c1-3-22(4-2)9-10-24-14-6-8-16-18(12-14)21-17-11-13(20)5-7-15(17)19(16)23/h5-8,11-12H,3-4,9-10H2,1-2H3,(H,21,23). The van der Waals surface area contributed by atoms with Gasteiger partial charge < -0.3 is 14.6 Å². The molecule has 0 spiro atoms. The number of rotatable bonds is 6. The summed E-state index contributed by atoms with van der Waals surface area (Å²) in [4.78, 5) is 17.9. The fraction of sp³-hybridized carbons (Fsp3) is 0.316. The molecule has 1 heterocycles. The summed E-state index contributed by atoms with van der Waals surface area (Å²) in [5, 5.41) is 1.06. The third-order valence-electron chi connectivity index (χ3n) is 4.30. The molecular weight excluding hydrogens is 307 g/mol. The van der Waals surface area contributed by atoms with Crippen LogP contribution in [0.5, 0.6) is 5.75 Å². The van der Waals surface area contributed by atoms with Crippen LogP contribution in [0.2, 0.25) is 0 Å². The molecule has 4 nitrogen and oxygen atoms in total. The highest BCUT2D eigenvalue weighted by Crippen LogP contribution is 2.20. The van der Waals surface area contributed by atoms with E-state index in [1.165, 1.54) is 18.2 Å². The molecule has 0 saturated heterocycles. The van der Waals surface area contributed by atoms with E-state index in [0.29, 0.717) is 34.2 Å². The molecule has 0 amide bonds. The van der Waals surface area contributed by atoms with E-state index >= 15 is 0 Å². The molecule has 0 atom stereocenters. The zero-order chi connectivity index (χ0) is 17.1. The molecule has 0 aliphatic rings. The third kappa shape index (κ3) is 3.26. The number of nitrogens with zero attached hydrogens (tertiary/aromatic N) is 1. The maximum atomic E-state index is 13.4. The Bertz CT molecular complexity index is 916. The van der Waals surface area contributed by atoms with Crippen molar-refractivity contribution in [3.05, 3.63) is 52.4 Å². The first-order valence-electron chi connectivity index (χ1n) is 8.22. The Labute approximate surface area is 139 Å². The minimum Gasteiger partial charge on any atom is -0.492 e. The molecule has 0 radical (unpaired) electrons. The Balaban J connectivity index is 1.90. The number of H-pyrrole nitrogens is 1. The van der Waals surface area contributed by atoms with Gasteiger partial charge in [0, 0.05) is 23.4 Å². The van der Waals surface area contributed by atoms with Crippen LogP contribution in [-0.2, 0) is 0 Å². The normalized spacial score (nSPS) is 11.5. The quantitative estimate of drug-likeness (QED) is 0.704. The molecule has 0 saturated carbocycles. The van der Waals surface area contributed by atoms with Crippen molar-refractivity contribution >= 4 is 21.8 Å². The van der Waals surface area contributed by atoms with Gasteiger partial charge in [-0.25, -0.2) is 4.39 Å². The largest absolute Gasteiger partial charge is 0.492 e. The van der Waals surface area contributed by atoms with Crippen molar-refractivity contribution in [1.29, 1.82) is 0 Å². The molecule has 0 aliphatic heterocycles. The Morgan fingerprint density at radius 1 is 1.04 bits per heavy atom. The fourth-order valence-electron chi connectivity index (χ4n) is 2.86. The van der Waals surface area contributed by atoms with Gasteiger partial charge >= 0.3 is 0 Å². The number of aromatic nitrogens is 1. The molecule has 2 aromatic carbocycles. The molecule has 0 aliphatic carbocycles. The zero-order valence-corrected chi connectivity index (χ0v) is 13.9. The molecule has 126 valence electrons. The lowest BCUT2D eigenvalue weighted by molar-refractivity contribution is 0.223. The van der Waals surface area contributed by atoms with Gasteiger partial charge in [0.15, 0.2) is 5.43 Å². The van der Waals surface area contributed by atoms with E-state index in [9.17, 15) is 9.18 Å². The van der Waals surface area contributed by atoms with Crippen LogP contribution in [0.3, 0.4) is 0 Å². The molecule has 1 N–H and O–H groups in total. The highest BCUT2D eigenvalue weighted by atomic mass is 19.1. The van der Waals surface area contributed by atoms with E-state index in [4.69, 9.17) is 4.74 Å². The highest BCUT2D eigenvalue weighted by Gasteiger charge is 2.08. The molecule has 5 heteroatoms. The lowest BCUT2D eigenvalue weighted by Crippen LogP contribution is -2.27. The number of hydrogen-bond acceptors (Lipinski definition) is 3. The maximum absolute atomic E-state index is 13.4. The third-order valence-corrected chi connectivity index (χ3v) is 4.30. The van der Waals surface area contributed by atoms with Crippen LogP contribution >= 0.6 is 0 Å². The van der Waals surface area contributed by atoms with E-state index in [1.54, 1.807) is 18.2 Å². The summed E-state index contributed by atoms with van der Waals surface area (Å²) in [6.45, 7) is 7.65. The van der Waals surface area contributed by atoms with Gasteiger partial charge in [-0.2, -0.15) is 0 Å². The van der Waals surface area contributed by atoms with Crippen molar-refractivity contribution in [2.45, 2.75) is 13.8 Å².